The lowest BCUT2D eigenvalue weighted by molar-refractivity contribution is -0.137. The minimum absolute atomic E-state index is 0.0202. The monoisotopic (exact) mass is 420 g/mol. The van der Waals surface area contributed by atoms with Crippen molar-refractivity contribution in [3.8, 4) is 11.3 Å². The van der Waals surface area contributed by atoms with E-state index in [4.69, 9.17) is 0 Å². The van der Waals surface area contributed by atoms with E-state index in [2.05, 4.69) is 25.6 Å². The van der Waals surface area contributed by atoms with E-state index in [1.165, 1.54) is 6.07 Å². The van der Waals surface area contributed by atoms with Gasteiger partial charge in [0.05, 0.1) is 16.9 Å². The first-order valence-electron chi connectivity index (χ1n) is 9.05. The number of pyridine rings is 1. The summed E-state index contributed by atoms with van der Waals surface area (Å²) in [5.41, 5.74) is -0.743. The highest BCUT2D eigenvalue weighted by Crippen LogP contribution is 2.37. The summed E-state index contributed by atoms with van der Waals surface area (Å²) in [5.74, 6) is -0.814. The number of halogens is 4. The fourth-order valence-corrected chi connectivity index (χ4v) is 2.66. The Bertz CT molecular complexity index is 992. The van der Waals surface area contributed by atoms with Crippen LogP contribution in [0.4, 0.5) is 35.0 Å². The van der Waals surface area contributed by atoms with Gasteiger partial charge in [-0.15, -0.1) is 0 Å². The zero-order valence-corrected chi connectivity index (χ0v) is 16.3. The number of benzene rings is 1. The van der Waals surface area contributed by atoms with Crippen LogP contribution in [0.5, 0.6) is 0 Å². The number of para-hydroxylation sites is 1. The molecule has 0 aliphatic heterocycles. The summed E-state index contributed by atoms with van der Waals surface area (Å²) < 4.78 is 54.2. The number of hydrogen-bond donors (Lipinski definition) is 2. The van der Waals surface area contributed by atoms with E-state index >= 15 is 0 Å². The number of likely N-dealkylation sites (N-methyl/N-ethyl adjacent to an activating group) is 1. The lowest BCUT2D eigenvalue weighted by Gasteiger charge is -2.16. The normalized spacial score (nSPS) is 11.6. The second-order valence-corrected chi connectivity index (χ2v) is 6.72. The number of aromatic nitrogens is 3. The van der Waals surface area contributed by atoms with E-state index < -0.39 is 23.2 Å². The van der Waals surface area contributed by atoms with Gasteiger partial charge in [0.15, 0.2) is 0 Å². The molecule has 2 heterocycles. The predicted molar refractivity (Wildman–Crippen MR) is 107 cm³/mol. The number of nitrogens with one attached hydrogen (secondary N) is 2. The third-order valence-electron chi connectivity index (χ3n) is 4.10. The van der Waals surface area contributed by atoms with E-state index in [1.54, 1.807) is 24.5 Å². The van der Waals surface area contributed by atoms with Crippen LogP contribution in [0.15, 0.2) is 48.8 Å². The Labute approximate surface area is 171 Å². The molecule has 1 aromatic carbocycles. The summed E-state index contributed by atoms with van der Waals surface area (Å²) in [6.07, 6.45) is -1.56. The van der Waals surface area contributed by atoms with E-state index in [9.17, 15) is 17.6 Å². The van der Waals surface area contributed by atoms with Crippen LogP contribution < -0.4 is 10.6 Å². The van der Waals surface area contributed by atoms with Crippen molar-refractivity contribution in [1.29, 1.82) is 0 Å². The van der Waals surface area contributed by atoms with Crippen LogP contribution in [-0.4, -0.2) is 47.0 Å². The maximum absolute atomic E-state index is 14.2. The van der Waals surface area contributed by atoms with E-state index in [0.717, 1.165) is 18.2 Å². The summed E-state index contributed by atoms with van der Waals surface area (Å²) in [7, 11) is 3.80. The molecule has 3 aromatic rings. The quantitative estimate of drug-likeness (QED) is 0.552. The second-order valence-electron chi connectivity index (χ2n) is 6.72. The first kappa shape index (κ1) is 21.4. The standard InChI is InChI=1S/C20H20F4N6/c1-30(2)10-9-26-19-27-16(13-5-4-8-25-12-13)11-17(29-19)28-18-14(20(22,23)24)6-3-7-15(18)21/h3-8,11-12H,9-10H2,1-2H3,(H2,26,27,28,29). The highest BCUT2D eigenvalue weighted by molar-refractivity contribution is 5.68. The van der Waals surface area contributed by atoms with Crippen LogP contribution in [-0.2, 0) is 6.18 Å². The van der Waals surface area contributed by atoms with E-state index in [1.807, 2.05) is 19.0 Å². The van der Waals surface area contributed by atoms with Crippen molar-refractivity contribution >= 4 is 17.5 Å². The van der Waals surface area contributed by atoms with Gasteiger partial charge < -0.3 is 15.5 Å². The first-order chi connectivity index (χ1) is 14.2. The molecule has 0 fully saturated rings. The first-order valence-corrected chi connectivity index (χ1v) is 9.05. The summed E-state index contributed by atoms with van der Waals surface area (Å²) in [6, 6.07) is 7.69. The van der Waals surface area contributed by atoms with Crippen molar-refractivity contribution in [3.63, 3.8) is 0 Å². The Morgan fingerprint density at radius 2 is 1.87 bits per heavy atom. The number of nitrogens with zero attached hydrogens (tertiary/aromatic N) is 4. The summed E-state index contributed by atoms with van der Waals surface area (Å²) in [4.78, 5) is 14.6. The largest absolute Gasteiger partial charge is 0.418 e. The van der Waals surface area contributed by atoms with E-state index in [0.29, 0.717) is 24.3 Å². The molecular formula is C20H20F4N6. The lowest BCUT2D eigenvalue weighted by Crippen LogP contribution is -2.21. The lowest BCUT2D eigenvalue weighted by atomic mass is 10.1. The molecule has 0 atom stereocenters. The van der Waals surface area contributed by atoms with Crippen molar-refractivity contribution in [2.75, 3.05) is 37.8 Å². The van der Waals surface area contributed by atoms with Crippen LogP contribution >= 0.6 is 0 Å². The molecule has 0 spiro atoms. The molecule has 6 nitrogen and oxygen atoms in total. The fraction of sp³-hybridized carbons (Fsp3) is 0.250. The number of rotatable bonds is 7. The number of hydrogen-bond acceptors (Lipinski definition) is 6. The Morgan fingerprint density at radius 1 is 1.07 bits per heavy atom. The zero-order valence-electron chi connectivity index (χ0n) is 16.3. The molecule has 0 unspecified atom stereocenters. The minimum atomic E-state index is -4.73. The van der Waals surface area contributed by atoms with Gasteiger partial charge in [-0.25, -0.2) is 9.37 Å². The topological polar surface area (TPSA) is 66.0 Å². The third-order valence-corrected chi connectivity index (χ3v) is 4.10. The van der Waals surface area contributed by atoms with Gasteiger partial charge >= 0.3 is 6.18 Å². The summed E-state index contributed by atoms with van der Waals surface area (Å²) in [5, 5.41) is 5.51. The van der Waals surface area contributed by atoms with Crippen LogP contribution in [0, 0.1) is 5.82 Å². The van der Waals surface area contributed by atoms with Crippen molar-refractivity contribution in [1.82, 2.24) is 19.9 Å². The van der Waals surface area contributed by atoms with Gasteiger partial charge in [-0.3, -0.25) is 4.98 Å². The van der Waals surface area contributed by atoms with Gasteiger partial charge in [-0.2, -0.15) is 18.2 Å². The molecule has 0 bridgehead atoms. The molecule has 0 saturated heterocycles. The maximum atomic E-state index is 14.2. The van der Waals surface area contributed by atoms with Gasteiger partial charge in [0.2, 0.25) is 5.95 Å². The SMILES string of the molecule is CN(C)CCNc1nc(Nc2c(F)cccc2C(F)(F)F)cc(-c2cccnc2)n1. The van der Waals surface area contributed by atoms with Gasteiger partial charge in [-0.1, -0.05) is 6.07 Å². The van der Waals surface area contributed by atoms with Gasteiger partial charge in [0.1, 0.15) is 11.6 Å². The molecule has 158 valence electrons. The minimum Gasteiger partial charge on any atom is -0.353 e. The molecule has 0 radical (unpaired) electrons. The molecule has 0 amide bonds. The third kappa shape index (κ3) is 5.41. The molecule has 10 heteroatoms. The predicted octanol–water partition coefficient (Wildman–Crippen LogP) is 4.41. The molecule has 0 saturated carbocycles. The number of alkyl halides is 3. The maximum Gasteiger partial charge on any atom is 0.418 e. The Balaban J connectivity index is 2.00. The Kier molecular flexibility index (Phi) is 6.46. The van der Waals surface area contributed by atoms with Gasteiger partial charge in [0, 0.05) is 37.1 Å². The second kappa shape index (κ2) is 9.04. The zero-order chi connectivity index (χ0) is 21.7. The fourth-order valence-electron chi connectivity index (χ4n) is 2.66. The highest BCUT2D eigenvalue weighted by Gasteiger charge is 2.35. The van der Waals surface area contributed by atoms with Crippen molar-refractivity contribution in [2.24, 2.45) is 0 Å². The summed E-state index contributed by atoms with van der Waals surface area (Å²) >= 11 is 0. The van der Waals surface area contributed by atoms with Gasteiger partial charge in [-0.05, 0) is 38.4 Å². The molecular weight excluding hydrogens is 400 g/mol. The molecule has 2 aromatic heterocycles. The van der Waals surface area contributed by atoms with Gasteiger partial charge in [0.25, 0.3) is 0 Å². The van der Waals surface area contributed by atoms with Crippen LogP contribution in [0.1, 0.15) is 5.56 Å². The molecule has 0 aliphatic carbocycles. The molecule has 0 aliphatic rings. The molecule has 2 N–H and O–H groups in total. The van der Waals surface area contributed by atoms with Crippen molar-refractivity contribution in [2.45, 2.75) is 6.18 Å². The summed E-state index contributed by atoms with van der Waals surface area (Å²) in [6.45, 7) is 1.20. The average molecular weight is 420 g/mol. The Morgan fingerprint density at radius 3 is 2.53 bits per heavy atom. The average Bonchev–Trinajstić information content (AvgIpc) is 2.69. The smallest absolute Gasteiger partial charge is 0.353 e. The molecule has 3 rings (SSSR count). The van der Waals surface area contributed by atoms with E-state index in [-0.39, 0.29) is 11.8 Å². The Hall–Kier alpha value is -3.27. The van der Waals surface area contributed by atoms with Crippen molar-refractivity contribution < 1.29 is 17.6 Å². The van der Waals surface area contributed by atoms with Crippen LogP contribution in [0.3, 0.4) is 0 Å². The van der Waals surface area contributed by atoms with Crippen LogP contribution in [0.25, 0.3) is 11.3 Å². The van der Waals surface area contributed by atoms with Crippen molar-refractivity contribution in [3.05, 3.63) is 60.2 Å². The van der Waals surface area contributed by atoms with Crippen LogP contribution in [0.2, 0.25) is 0 Å². The number of anilines is 3. The highest BCUT2D eigenvalue weighted by atomic mass is 19.4. The molecule has 30 heavy (non-hydrogen) atoms.